The zero-order valence-electron chi connectivity index (χ0n) is 9.31. The Morgan fingerprint density at radius 1 is 1.59 bits per heavy atom. The number of benzene rings is 1. The number of methoxy groups -OCH3 is 1. The maximum Gasteiger partial charge on any atom is 0.339 e. The zero-order valence-corrected chi connectivity index (χ0v) is 10.1. The van der Waals surface area contributed by atoms with Crippen molar-refractivity contribution < 1.29 is 19.7 Å². The fourth-order valence-corrected chi connectivity index (χ4v) is 1.40. The number of carbonyl (C=O) groups is 1. The number of anilines is 1. The minimum absolute atomic E-state index is 0.179. The number of hydrogen-bond acceptors (Lipinski definition) is 5. The Morgan fingerprint density at radius 2 is 2.29 bits per heavy atom. The van der Waals surface area contributed by atoms with Crippen molar-refractivity contribution in [2.45, 2.75) is 6.10 Å². The van der Waals surface area contributed by atoms with Crippen LogP contribution in [-0.4, -0.2) is 42.5 Å². The van der Waals surface area contributed by atoms with Gasteiger partial charge >= 0.3 is 5.97 Å². The molecule has 0 amide bonds. The summed E-state index contributed by atoms with van der Waals surface area (Å²) in [7, 11) is 1.27. The lowest BCUT2D eigenvalue weighted by Crippen LogP contribution is -2.23. The molecule has 0 aliphatic rings. The van der Waals surface area contributed by atoms with E-state index in [-0.39, 0.29) is 18.7 Å². The summed E-state index contributed by atoms with van der Waals surface area (Å²) in [4.78, 5) is 11.4. The SMILES string of the molecule is COC(=O)c1cc(NCC(O)CO)ccc1Cl. The summed E-state index contributed by atoms with van der Waals surface area (Å²) < 4.78 is 4.58. The van der Waals surface area contributed by atoms with Crippen molar-refractivity contribution in [1.29, 1.82) is 0 Å². The van der Waals surface area contributed by atoms with Crippen LogP contribution >= 0.6 is 11.6 Å². The zero-order chi connectivity index (χ0) is 12.8. The molecular weight excluding hydrogens is 246 g/mol. The minimum atomic E-state index is -0.854. The van der Waals surface area contributed by atoms with Crippen LogP contribution in [0.4, 0.5) is 5.69 Å². The molecule has 1 unspecified atom stereocenters. The van der Waals surface area contributed by atoms with E-state index < -0.39 is 12.1 Å². The molecule has 94 valence electrons. The molecule has 1 atom stereocenters. The topological polar surface area (TPSA) is 78.8 Å². The van der Waals surface area contributed by atoms with Crippen molar-refractivity contribution in [3.63, 3.8) is 0 Å². The van der Waals surface area contributed by atoms with Crippen LogP contribution in [0.25, 0.3) is 0 Å². The number of nitrogens with one attached hydrogen (secondary N) is 1. The Bertz CT molecular complexity index is 397. The summed E-state index contributed by atoms with van der Waals surface area (Å²) in [5, 5.41) is 21.0. The predicted octanol–water partition coefficient (Wildman–Crippen LogP) is 0.892. The van der Waals surface area contributed by atoms with E-state index in [1.54, 1.807) is 12.1 Å². The number of aliphatic hydroxyl groups excluding tert-OH is 2. The molecule has 1 aromatic carbocycles. The predicted molar refractivity (Wildman–Crippen MR) is 64.4 cm³/mol. The standard InChI is InChI=1S/C11H14ClNO4/c1-17-11(16)9-4-7(2-3-10(9)12)13-5-8(15)6-14/h2-4,8,13-15H,5-6H2,1H3. The van der Waals surface area contributed by atoms with Crippen LogP contribution < -0.4 is 5.32 Å². The summed E-state index contributed by atoms with van der Waals surface area (Å²) >= 11 is 5.84. The van der Waals surface area contributed by atoms with Gasteiger partial charge in [0.05, 0.1) is 30.4 Å². The molecule has 0 aliphatic carbocycles. The molecule has 17 heavy (non-hydrogen) atoms. The third-order valence-electron chi connectivity index (χ3n) is 2.12. The van der Waals surface area contributed by atoms with Crippen LogP contribution in [0.15, 0.2) is 18.2 Å². The number of hydrogen-bond donors (Lipinski definition) is 3. The largest absolute Gasteiger partial charge is 0.465 e. The maximum absolute atomic E-state index is 11.4. The lowest BCUT2D eigenvalue weighted by Gasteiger charge is -2.11. The second-order valence-electron chi connectivity index (χ2n) is 3.40. The highest BCUT2D eigenvalue weighted by Crippen LogP contribution is 2.21. The molecule has 0 bridgehead atoms. The van der Waals surface area contributed by atoms with E-state index in [4.69, 9.17) is 21.8 Å². The monoisotopic (exact) mass is 259 g/mol. The molecule has 0 spiro atoms. The van der Waals surface area contributed by atoms with Gasteiger partial charge in [-0.2, -0.15) is 0 Å². The van der Waals surface area contributed by atoms with Crippen LogP contribution in [0.3, 0.4) is 0 Å². The molecule has 0 heterocycles. The highest BCUT2D eigenvalue weighted by molar-refractivity contribution is 6.33. The smallest absolute Gasteiger partial charge is 0.339 e. The van der Waals surface area contributed by atoms with E-state index in [0.717, 1.165) is 0 Å². The van der Waals surface area contributed by atoms with E-state index in [0.29, 0.717) is 10.7 Å². The van der Waals surface area contributed by atoms with Crippen molar-refractivity contribution in [2.75, 3.05) is 25.6 Å². The summed E-state index contributed by atoms with van der Waals surface area (Å²) in [6, 6.07) is 4.75. The molecule has 0 aliphatic heterocycles. The van der Waals surface area contributed by atoms with E-state index in [1.165, 1.54) is 13.2 Å². The van der Waals surface area contributed by atoms with Gasteiger partial charge in [-0.3, -0.25) is 0 Å². The average molecular weight is 260 g/mol. The first kappa shape index (κ1) is 13.8. The molecule has 3 N–H and O–H groups in total. The molecule has 0 saturated carbocycles. The fourth-order valence-electron chi connectivity index (χ4n) is 1.20. The number of aliphatic hydroxyl groups is 2. The van der Waals surface area contributed by atoms with Crippen LogP contribution in [0.1, 0.15) is 10.4 Å². The van der Waals surface area contributed by atoms with Crippen molar-refractivity contribution in [2.24, 2.45) is 0 Å². The van der Waals surface area contributed by atoms with Crippen LogP contribution in [0.2, 0.25) is 5.02 Å². The number of halogens is 1. The van der Waals surface area contributed by atoms with Gasteiger partial charge in [-0.05, 0) is 18.2 Å². The lowest BCUT2D eigenvalue weighted by molar-refractivity contribution is 0.0601. The molecule has 6 heteroatoms. The van der Waals surface area contributed by atoms with Gasteiger partial charge < -0.3 is 20.3 Å². The highest BCUT2D eigenvalue weighted by Gasteiger charge is 2.11. The average Bonchev–Trinajstić information content (AvgIpc) is 2.36. The summed E-state index contributed by atoms with van der Waals surface area (Å²) in [6.45, 7) is -0.150. The maximum atomic E-state index is 11.4. The van der Waals surface area contributed by atoms with E-state index >= 15 is 0 Å². The van der Waals surface area contributed by atoms with E-state index in [2.05, 4.69) is 10.1 Å². The van der Waals surface area contributed by atoms with Crippen molar-refractivity contribution in [3.05, 3.63) is 28.8 Å². The molecule has 0 aromatic heterocycles. The molecule has 0 radical (unpaired) electrons. The minimum Gasteiger partial charge on any atom is -0.465 e. The van der Waals surface area contributed by atoms with Crippen molar-refractivity contribution in [3.8, 4) is 0 Å². The summed E-state index contributed by atoms with van der Waals surface area (Å²) in [5.74, 6) is -0.527. The number of esters is 1. The van der Waals surface area contributed by atoms with Crippen LogP contribution in [-0.2, 0) is 4.74 Å². The molecule has 5 nitrogen and oxygen atoms in total. The van der Waals surface area contributed by atoms with Crippen LogP contribution in [0, 0.1) is 0 Å². The Balaban J connectivity index is 2.78. The fraction of sp³-hybridized carbons (Fsp3) is 0.364. The first-order valence-corrected chi connectivity index (χ1v) is 5.37. The van der Waals surface area contributed by atoms with Gasteiger partial charge in [-0.1, -0.05) is 11.6 Å². The number of carbonyl (C=O) groups excluding carboxylic acids is 1. The van der Waals surface area contributed by atoms with Gasteiger partial charge in [0.15, 0.2) is 0 Å². The second kappa shape index (κ2) is 6.44. The van der Waals surface area contributed by atoms with Gasteiger partial charge in [0.1, 0.15) is 0 Å². The van der Waals surface area contributed by atoms with Gasteiger partial charge in [0, 0.05) is 12.2 Å². The molecule has 1 aromatic rings. The normalized spacial score (nSPS) is 12.0. The van der Waals surface area contributed by atoms with Crippen LogP contribution in [0.5, 0.6) is 0 Å². The van der Waals surface area contributed by atoms with E-state index in [9.17, 15) is 4.79 Å². The van der Waals surface area contributed by atoms with Crippen molar-refractivity contribution >= 4 is 23.3 Å². The first-order chi connectivity index (χ1) is 8.08. The Kier molecular flexibility index (Phi) is 5.21. The number of rotatable bonds is 5. The Labute approximate surface area is 104 Å². The quantitative estimate of drug-likeness (QED) is 0.685. The summed E-state index contributed by atoms with van der Waals surface area (Å²) in [6.07, 6.45) is -0.854. The van der Waals surface area contributed by atoms with Gasteiger partial charge in [-0.15, -0.1) is 0 Å². The summed E-state index contributed by atoms with van der Waals surface area (Å²) in [5.41, 5.74) is 0.861. The molecule has 1 rings (SSSR count). The lowest BCUT2D eigenvalue weighted by atomic mass is 10.2. The van der Waals surface area contributed by atoms with Gasteiger partial charge in [0.2, 0.25) is 0 Å². The van der Waals surface area contributed by atoms with E-state index in [1.807, 2.05) is 0 Å². The third-order valence-corrected chi connectivity index (χ3v) is 2.45. The Morgan fingerprint density at radius 3 is 2.88 bits per heavy atom. The second-order valence-corrected chi connectivity index (χ2v) is 3.81. The van der Waals surface area contributed by atoms with Gasteiger partial charge in [-0.25, -0.2) is 4.79 Å². The number of ether oxygens (including phenoxy) is 1. The van der Waals surface area contributed by atoms with Crippen molar-refractivity contribution in [1.82, 2.24) is 0 Å². The third kappa shape index (κ3) is 3.89. The highest BCUT2D eigenvalue weighted by atomic mass is 35.5. The molecule has 0 fully saturated rings. The Hall–Kier alpha value is -1.30. The van der Waals surface area contributed by atoms with Gasteiger partial charge in [0.25, 0.3) is 0 Å². The first-order valence-electron chi connectivity index (χ1n) is 4.99. The molecular formula is C11H14ClNO4. The molecule has 0 saturated heterocycles.